The summed E-state index contributed by atoms with van der Waals surface area (Å²) in [5.41, 5.74) is 2.34. The highest BCUT2D eigenvalue weighted by atomic mass is 16.8. The van der Waals surface area contributed by atoms with Crippen LogP contribution in [0.1, 0.15) is 11.1 Å². The van der Waals surface area contributed by atoms with Gasteiger partial charge in [-0.1, -0.05) is 12.1 Å². The third kappa shape index (κ3) is 1.41. The van der Waals surface area contributed by atoms with Gasteiger partial charge in [0, 0.05) is 0 Å². The Morgan fingerprint density at radius 2 is 1.21 bits per heavy atom. The van der Waals surface area contributed by atoms with Crippen LogP contribution in [0.5, 0.6) is 11.5 Å². The predicted molar refractivity (Wildman–Crippen MR) is 64.5 cm³/mol. The second-order valence-electron chi connectivity index (χ2n) is 4.50. The first-order valence-electron chi connectivity index (χ1n) is 5.91. The molecule has 1 heterocycles. The molecule has 0 fully saturated rings. The summed E-state index contributed by atoms with van der Waals surface area (Å²) in [6.45, 7) is 0. The van der Waals surface area contributed by atoms with Crippen LogP contribution >= 0.6 is 0 Å². The first-order valence-corrected chi connectivity index (χ1v) is 5.91. The van der Waals surface area contributed by atoms with Crippen molar-refractivity contribution < 1.29 is 23.8 Å². The summed E-state index contributed by atoms with van der Waals surface area (Å²) >= 11 is 0. The molecule has 2 aliphatic rings. The lowest BCUT2D eigenvalue weighted by atomic mass is 10.0. The standard InChI is InChI=1S/C14H8O5/c15-13-17-9-5-3-7-1-2-8-4-6-10(12(9)11(7)8)18-14(16)19-13/h3-6H,1-2H2. The Morgan fingerprint density at radius 3 is 1.74 bits per heavy atom. The van der Waals surface area contributed by atoms with Crippen molar-refractivity contribution in [1.29, 1.82) is 0 Å². The lowest BCUT2D eigenvalue weighted by Gasteiger charge is -2.15. The van der Waals surface area contributed by atoms with Gasteiger partial charge in [-0.15, -0.1) is 0 Å². The fourth-order valence-corrected chi connectivity index (χ4v) is 2.73. The quantitative estimate of drug-likeness (QED) is 0.412. The molecular weight excluding hydrogens is 248 g/mol. The largest absolute Gasteiger partial charge is 0.524 e. The van der Waals surface area contributed by atoms with Crippen molar-refractivity contribution in [1.82, 2.24) is 0 Å². The number of ether oxygens (including phenoxy) is 3. The zero-order valence-electron chi connectivity index (χ0n) is 9.76. The first-order chi connectivity index (χ1) is 9.22. The zero-order valence-corrected chi connectivity index (χ0v) is 9.76. The minimum absolute atomic E-state index is 0.356. The van der Waals surface area contributed by atoms with E-state index in [0.29, 0.717) is 16.9 Å². The highest BCUT2D eigenvalue weighted by Crippen LogP contribution is 2.42. The zero-order chi connectivity index (χ0) is 13.0. The number of carbonyl (C=O) groups is 2. The minimum atomic E-state index is -1.07. The smallest absolute Gasteiger partial charge is 0.394 e. The van der Waals surface area contributed by atoms with E-state index in [1.54, 1.807) is 12.1 Å². The van der Waals surface area contributed by atoms with Crippen LogP contribution in [0.25, 0.3) is 10.8 Å². The van der Waals surface area contributed by atoms with E-state index in [0.717, 1.165) is 18.2 Å². The summed E-state index contributed by atoms with van der Waals surface area (Å²) in [4.78, 5) is 22.7. The number of cyclic esters (lactones) is 2. The molecule has 0 atom stereocenters. The van der Waals surface area contributed by atoms with Crippen LogP contribution in [-0.4, -0.2) is 12.3 Å². The Morgan fingerprint density at radius 1 is 0.684 bits per heavy atom. The van der Waals surface area contributed by atoms with Gasteiger partial charge in [0.05, 0.1) is 5.39 Å². The molecule has 0 spiro atoms. The molecule has 0 unspecified atom stereocenters. The van der Waals surface area contributed by atoms with Crippen molar-refractivity contribution in [3.63, 3.8) is 0 Å². The number of carbonyl (C=O) groups excluding carboxylic acids is 2. The van der Waals surface area contributed by atoms with E-state index in [4.69, 9.17) is 9.47 Å². The lowest BCUT2D eigenvalue weighted by molar-refractivity contribution is 0.0880. The second kappa shape index (κ2) is 3.47. The topological polar surface area (TPSA) is 61.8 Å². The van der Waals surface area contributed by atoms with Gasteiger partial charge in [0.25, 0.3) is 0 Å². The van der Waals surface area contributed by atoms with Crippen molar-refractivity contribution in [2.24, 2.45) is 0 Å². The Hall–Kier alpha value is -2.56. The number of aryl methyl sites for hydroxylation is 2. The van der Waals surface area contributed by atoms with Crippen LogP contribution in [0.15, 0.2) is 24.3 Å². The number of hydrogen-bond donors (Lipinski definition) is 0. The van der Waals surface area contributed by atoms with E-state index >= 15 is 0 Å². The molecule has 94 valence electrons. The molecule has 0 saturated carbocycles. The third-order valence-corrected chi connectivity index (χ3v) is 3.47. The van der Waals surface area contributed by atoms with Crippen LogP contribution in [0, 0.1) is 0 Å². The second-order valence-corrected chi connectivity index (χ2v) is 4.50. The molecule has 0 amide bonds. The van der Waals surface area contributed by atoms with Gasteiger partial charge in [-0.2, -0.15) is 0 Å². The fraction of sp³-hybridized carbons (Fsp3) is 0.143. The molecule has 1 aliphatic heterocycles. The monoisotopic (exact) mass is 256 g/mol. The van der Waals surface area contributed by atoms with E-state index in [-0.39, 0.29) is 0 Å². The molecular formula is C14H8O5. The highest BCUT2D eigenvalue weighted by molar-refractivity contribution is 6.02. The summed E-state index contributed by atoms with van der Waals surface area (Å²) in [5, 5.41) is 1.68. The Labute approximate surface area is 107 Å². The van der Waals surface area contributed by atoms with E-state index < -0.39 is 12.3 Å². The van der Waals surface area contributed by atoms with Gasteiger partial charge in [-0.05, 0) is 41.5 Å². The molecule has 1 aliphatic carbocycles. The first kappa shape index (κ1) is 10.4. The number of hydrogen-bond acceptors (Lipinski definition) is 5. The van der Waals surface area contributed by atoms with Crippen LogP contribution in [-0.2, 0) is 17.6 Å². The lowest BCUT2D eigenvalue weighted by Crippen LogP contribution is -2.21. The SMILES string of the molecule is O=C1OC(=O)Oc2ccc3c4c(ccc(c24)O1)CC3. The molecule has 2 aromatic carbocycles. The van der Waals surface area contributed by atoms with Crippen LogP contribution in [0.2, 0.25) is 0 Å². The molecule has 0 saturated heterocycles. The average Bonchev–Trinajstić information content (AvgIpc) is 2.77. The summed E-state index contributed by atoms with van der Waals surface area (Å²) in [6.07, 6.45) is -0.272. The van der Waals surface area contributed by atoms with Gasteiger partial charge in [-0.3, -0.25) is 0 Å². The summed E-state index contributed by atoms with van der Waals surface area (Å²) in [7, 11) is 0. The summed E-state index contributed by atoms with van der Waals surface area (Å²) in [6, 6.07) is 7.26. The van der Waals surface area contributed by atoms with Gasteiger partial charge < -0.3 is 14.2 Å². The third-order valence-electron chi connectivity index (χ3n) is 3.47. The number of rotatable bonds is 0. The fourth-order valence-electron chi connectivity index (χ4n) is 2.73. The van der Waals surface area contributed by atoms with Gasteiger partial charge in [-0.25, -0.2) is 9.59 Å². The Bertz CT molecular complexity index is 688. The normalized spacial score (nSPS) is 16.4. The molecule has 5 nitrogen and oxygen atoms in total. The van der Waals surface area contributed by atoms with E-state index in [9.17, 15) is 9.59 Å². The Kier molecular flexibility index (Phi) is 1.90. The summed E-state index contributed by atoms with van der Waals surface area (Å²) in [5.74, 6) is 0.713. The summed E-state index contributed by atoms with van der Waals surface area (Å²) < 4.78 is 14.4. The Balaban J connectivity index is 2.10. The molecule has 19 heavy (non-hydrogen) atoms. The minimum Gasteiger partial charge on any atom is -0.394 e. The van der Waals surface area contributed by atoms with Gasteiger partial charge in [0.1, 0.15) is 11.5 Å². The molecule has 0 aromatic heterocycles. The van der Waals surface area contributed by atoms with E-state index in [2.05, 4.69) is 4.74 Å². The molecule has 0 N–H and O–H groups in total. The average molecular weight is 256 g/mol. The molecule has 0 radical (unpaired) electrons. The maximum atomic E-state index is 11.3. The molecule has 4 rings (SSSR count). The van der Waals surface area contributed by atoms with Crippen LogP contribution in [0.3, 0.4) is 0 Å². The van der Waals surface area contributed by atoms with Gasteiger partial charge >= 0.3 is 12.3 Å². The van der Waals surface area contributed by atoms with Crippen molar-refractivity contribution in [2.45, 2.75) is 12.8 Å². The molecule has 5 heteroatoms. The highest BCUT2D eigenvalue weighted by Gasteiger charge is 2.26. The molecule has 2 aromatic rings. The van der Waals surface area contributed by atoms with Gasteiger partial charge in [0.15, 0.2) is 0 Å². The van der Waals surface area contributed by atoms with Gasteiger partial charge in [0.2, 0.25) is 0 Å². The van der Waals surface area contributed by atoms with Crippen molar-refractivity contribution in [2.75, 3.05) is 0 Å². The molecule has 0 bridgehead atoms. The maximum absolute atomic E-state index is 11.3. The number of benzene rings is 2. The predicted octanol–water partition coefficient (Wildman–Crippen LogP) is 2.97. The van der Waals surface area contributed by atoms with Crippen LogP contribution in [0.4, 0.5) is 9.59 Å². The maximum Gasteiger partial charge on any atom is 0.524 e. The van der Waals surface area contributed by atoms with Crippen molar-refractivity contribution in [3.05, 3.63) is 35.4 Å². The van der Waals surface area contributed by atoms with E-state index in [1.807, 2.05) is 12.1 Å². The van der Waals surface area contributed by atoms with Crippen molar-refractivity contribution in [3.8, 4) is 11.5 Å². The van der Waals surface area contributed by atoms with E-state index in [1.165, 1.54) is 11.1 Å². The van der Waals surface area contributed by atoms with Crippen LogP contribution < -0.4 is 9.47 Å². The van der Waals surface area contributed by atoms with Crippen molar-refractivity contribution >= 4 is 23.1 Å².